The second-order valence-corrected chi connectivity index (χ2v) is 2.12. The van der Waals surface area contributed by atoms with E-state index in [2.05, 4.69) is 0 Å². The summed E-state index contributed by atoms with van der Waals surface area (Å²) in [7, 11) is 0. The molecule has 2 nitrogen and oxygen atoms in total. The van der Waals surface area contributed by atoms with Crippen LogP contribution in [0.15, 0.2) is 11.5 Å². The molecular formula is C5H8O2S. The second kappa shape index (κ2) is 2.31. The summed E-state index contributed by atoms with van der Waals surface area (Å²) in [6.45, 7) is 0. The maximum absolute atomic E-state index is 8.78. The predicted octanol–water partition coefficient (Wildman–Crippen LogP) is 1.84. The van der Waals surface area contributed by atoms with E-state index < -0.39 is 0 Å². The van der Waals surface area contributed by atoms with Crippen LogP contribution in [-0.4, -0.2) is 11.4 Å². The number of aliphatic hydroxyl groups is 1. The van der Waals surface area contributed by atoms with Gasteiger partial charge in [-0.15, -0.1) is 0 Å². The van der Waals surface area contributed by atoms with E-state index in [0.717, 1.165) is 18.6 Å². The van der Waals surface area contributed by atoms with Gasteiger partial charge in [0.1, 0.15) is 5.76 Å². The van der Waals surface area contributed by atoms with Crippen LogP contribution in [0.1, 0.15) is 12.8 Å². The molecule has 1 aliphatic carbocycles. The van der Waals surface area contributed by atoms with Gasteiger partial charge >= 0.3 is 0 Å². The molecule has 0 aromatic carbocycles. The van der Waals surface area contributed by atoms with Gasteiger partial charge in [0.25, 0.3) is 0 Å². The van der Waals surface area contributed by atoms with Crippen molar-refractivity contribution in [1.82, 2.24) is 0 Å². The third-order valence-electron chi connectivity index (χ3n) is 1.09. The first-order valence-corrected chi connectivity index (χ1v) is 3.61. The van der Waals surface area contributed by atoms with Crippen molar-refractivity contribution in [3.8, 4) is 0 Å². The monoisotopic (exact) mass is 132 g/mol. The highest BCUT2D eigenvalue weighted by molar-refractivity contribution is 7.94. The van der Waals surface area contributed by atoms with Crippen LogP contribution in [0.2, 0.25) is 0 Å². The molecule has 0 atom stereocenters. The number of aliphatic hydroxyl groups excluding tert-OH is 1. The summed E-state index contributed by atoms with van der Waals surface area (Å²) >= 11 is 1.27. The normalized spacial score (nSPS) is 18.1. The van der Waals surface area contributed by atoms with Gasteiger partial charge in [-0.05, 0) is 0 Å². The first-order valence-electron chi connectivity index (χ1n) is 2.46. The van der Waals surface area contributed by atoms with Gasteiger partial charge in [0.15, 0.2) is 5.76 Å². The molecule has 0 aromatic heterocycles. The molecule has 0 radical (unpaired) electrons. The van der Waals surface area contributed by atoms with Crippen LogP contribution in [0.3, 0.4) is 0 Å². The number of hydrogen-bond acceptors (Lipinski definition) is 3. The van der Waals surface area contributed by atoms with E-state index in [1.807, 2.05) is 6.26 Å². The third kappa shape index (κ3) is 0.916. The van der Waals surface area contributed by atoms with Gasteiger partial charge < -0.3 is 9.29 Å². The minimum absolute atomic E-state index is 0.416. The van der Waals surface area contributed by atoms with E-state index in [9.17, 15) is 0 Å². The number of rotatable bonds is 2. The quantitative estimate of drug-likeness (QED) is 0.581. The standard InChI is InChI=1S/C5H8O2S/c1-8-7-5-3-2-4(5)6/h6H,2-3H2,1H3. The zero-order valence-electron chi connectivity index (χ0n) is 4.68. The zero-order valence-corrected chi connectivity index (χ0v) is 5.49. The molecule has 0 aliphatic heterocycles. The van der Waals surface area contributed by atoms with Gasteiger partial charge in [-0.2, -0.15) is 0 Å². The van der Waals surface area contributed by atoms with Crippen molar-refractivity contribution >= 4 is 12.0 Å². The van der Waals surface area contributed by atoms with Gasteiger partial charge in [-0.3, -0.25) is 0 Å². The Morgan fingerprint density at radius 3 is 2.50 bits per heavy atom. The van der Waals surface area contributed by atoms with Crippen molar-refractivity contribution < 1.29 is 9.29 Å². The Labute approximate surface area is 52.7 Å². The highest BCUT2D eigenvalue weighted by Gasteiger charge is 2.17. The summed E-state index contributed by atoms with van der Waals surface area (Å²) in [5, 5.41) is 8.78. The molecule has 46 valence electrons. The molecule has 1 N–H and O–H groups in total. The molecule has 3 heteroatoms. The van der Waals surface area contributed by atoms with Crippen LogP contribution in [-0.2, 0) is 4.18 Å². The Morgan fingerprint density at radius 2 is 2.38 bits per heavy atom. The first-order chi connectivity index (χ1) is 3.84. The molecule has 0 amide bonds. The lowest BCUT2D eigenvalue weighted by molar-refractivity contribution is 0.284. The average Bonchev–Trinajstić information content (AvgIpc) is 1.79. The maximum atomic E-state index is 8.78. The summed E-state index contributed by atoms with van der Waals surface area (Å²) in [5.74, 6) is 1.16. The topological polar surface area (TPSA) is 29.5 Å². The fourth-order valence-corrected chi connectivity index (χ4v) is 0.910. The van der Waals surface area contributed by atoms with Gasteiger partial charge in [-0.1, -0.05) is 0 Å². The summed E-state index contributed by atoms with van der Waals surface area (Å²) in [6, 6.07) is 0. The molecule has 1 aliphatic rings. The fourth-order valence-electron chi connectivity index (χ4n) is 0.529. The van der Waals surface area contributed by atoms with Crippen molar-refractivity contribution in [1.29, 1.82) is 0 Å². The third-order valence-corrected chi connectivity index (χ3v) is 1.46. The zero-order chi connectivity index (χ0) is 5.98. The average molecular weight is 132 g/mol. The van der Waals surface area contributed by atoms with E-state index in [-0.39, 0.29) is 0 Å². The van der Waals surface area contributed by atoms with Crippen molar-refractivity contribution in [3.63, 3.8) is 0 Å². The highest BCUT2D eigenvalue weighted by atomic mass is 32.2. The van der Waals surface area contributed by atoms with Crippen molar-refractivity contribution in [2.24, 2.45) is 0 Å². The predicted molar refractivity (Wildman–Crippen MR) is 33.5 cm³/mol. The molecule has 0 unspecified atom stereocenters. The molecule has 8 heavy (non-hydrogen) atoms. The van der Waals surface area contributed by atoms with Gasteiger partial charge in [0.2, 0.25) is 0 Å². The summed E-state index contributed by atoms with van der Waals surface area (Å²) in [4.78, 5) is 0. The van der Waals surface area contributed by atoms with E-state index in [1.165, 1.54) is 12.0 Å². The Bertz CT molecular complexity index is 120. The van der Waals surface area contributed by atoms with Gasteiger partial charge in [0.05, 0.1) is 12.0 Å². The SMILES string of the molecule is CSOC1=C(O)CC1. The van der Waals surface area contributed by atoms with Crippen molar-refractivity contribution in [2.75, 3.05) is 6.26 Å². The minimum atomic E-state index is 0.416. The molecule has 0 heterocycles. The molecule has 0 aromatic rings. The maximum Gasteiger partial charge on any atom is 0.152 e. The Balaban J connectivity index is 2.35. The molecule has 1 rings (SSSR count). The summed E-state index contributed by atoms with van der Waals surface area (Å²) < 4.78 is 4.94. The first kappa shape index (κ1) is 5.82. The summed E-state index contributed by atoms with van der Waals surface area (Å²) in [5.41, 5.74) is 0. The van der Waals surface area contributed by atoms with Crippen LogP contribution in [0.5, 0.6) is 0 Å². The summed E-state index contributed by atoms with van der Waals surface area (Å²) in [6.07, 6.45) is 3.52. The molecular weight excluding hydrogens is 124 g/mol. The smallest absolute Gasteiger partial charge is 0.152 e. The van der Waals surface area contributed by atoms with Gasteiger partial charge in [-0.25, -0.2) is 0 Å². The van der Waals surface area contributed by atoms with Crippen LogP contribution in [0.4, 0.5) is 0 Å². The molecule has 0 saturated heterocycles. The van der Waals surface area contributed by atoms with E-state index in [1.54, 1.807) is 0 Å². The molecule has 0 spiro atoms. The van der Waals surface area contributed by atoms with Crippen molar-refractivity contribution in [2.45, 2.75) is 12.8 Å². The molecule has 0 saturated carbocycles. The molecule has 0 fully saturated rings. The highest BCUT2D eigenvalue weighted by Crippen LogP contribution is 2.28. The lowest BCUT2D eigenvalue weighted by atomic mass is 10.1. The largest absolute Gasteiger partial charge is 0.509 e. The van der Waals surface area contributed by atoms with E-state index in [0.29, 0.717) is 5.76 Å². The van der Waals surface area contributed by atoms with Crippen LogP contribution < -0.4 is 0 Å². The van der Waals surface area contributed by atoms with Crippen LogP contribution >= 0.6 is 12.0 Å². The Kier molecular flexibility index (Phi) is 1.68. The second-order valence-electron chi connectivity index (χ2n) is 1.62. The van der Waals surface area contributed by atoms with Crippen LogP contribution in [0.25, 0.3) is 0 Å². The van der Waals surface area contributed by atoms with Crippen molar-refractivity contribution in [3.05, 3.63) is 11.5 Å². The van der Waals surface area contributed by atoms with E-state index >= 15 is 0 Å². The Hall–Kier alpha value is -0.310. The minimum Gasteiger partial charge on any atom is -0.509 e. The fraction of sp³-hybridized carbons (Fsp3) is 0.600. The molecule has 0 bridgehead atoms. The van der Waals surface area contributed by atoms with Gasteiger partial charge in [0, 0.05) is 19.1 Å². The van der Waals surface area contributed by atoms with Crippen LogP contribution in [0, 0.1) is 0 Å². The number of allylic oxidation sites excluding steroid dienone is 2. The Morgan fingerprint density at radius 1 is 1.62 bits per heavy atom. The number of hydrogen-bond donors (Lipinski definition) is 1. The van der Waals surface area contributed by atoms with E-state index in [4.69, 9.17) is 9.29 Å². The lowest BCUT2D eigenvalue weighted by Crippen LogP contribution is -2.03. The lowest BCUT2D eigenvalue weighted by Gasteiger charge is -2.16.